The Hall–Kier alpha value is -3.55. The molecule has 3 aromatic rings. The fraction of sp³-hybridized carbons (Fsp3) is 0.414. The number of likely N-dealkylation sites (tertiary alicyclic amines) is 1. The topological polar surface area (TPSA) is 78.1 Å². The number of rotatable bonds is 6. The first-order chi connectivity index (χ1) is 17.7. The lowest BCUT2D eigenvalue weighted by atomic mass is 10.0. The Labute approximate surface area is 219 Å². The summed E-state index contributed by atoms with van der Waals surface area (Å²) < 4.78 is 27.1. The maximum Gasteiger partial charge on any atom is 0.223 e. The van der Waals surface area contributed by atoms with Crippen LogP contribution in [0.2, 0.25) is 0 Å². The number of piperidine rings is 1. The quantitative estimate of drug-likeness (QED) is 0.413. The molecule has 1 unspecified atom stereocenters. The van der Waals surface area contributed by atoms with Crippen molar-refractivity contribution < 1.29 is 19.8 Å². The molecule has 2 heterocycles. The summed E-state index contributed by atoms with van der Waals surface area (Å²) in [6.45, 7) is 8.36. The van der Waals surface area contributed by atoms with Crippen molar-refractivity contribution >= 4 is 11.8 Å². The predicted octanol–water partition coefficient (Wildman–Crippen LogP) is 6.20. The molecule has 200 valence electrons. The van der Waals surface area contributed by atoms with Gasteiger partial charge in [-0.15, -0.1) is 0 Å². The van der Waals surface area contributed by atoms with E-state index in [2.05, 4.69) is 34.3 Å². The highest BCUT2D eigenvalue weighted by molar-refractivity contribution is 5.85. The molecule has 37 heavy (non-hydrogen) atoms. The van der Waals surface area contributed by atoms with Gasteiger partial charge in [-0.1, -0.05) is 42.8 Å². The van der Waals surface area contributed by atoms with Crippen LogP contribution in [0.1, 0.15) is 65.3 Å². The SMILES string of the molecule is CC1CCCCN1C(=O)C[C@H](C)C(=O)N[C@@H](C)c1ncc(-c2ccc(F)cc2F)[nH]1.Cc1ccccc1.[HH]. The summed E-state index contributed by atoms with van der Waals surface area (Å²) in [6, 6.07) is 13.3. The van der Waals surface area contributed by atoms with Crippen molar-refractivity contribution in [3.05, 3.63) is 77.8 Å². The van der Waals surface area contributed by atoms with Crippen LogP contribution < -0.4 is 5.32 Å². The van der Waals surface area contributed by atoms with E-state index in [0.717, 1.165) is 31.9 Å². The summed E-state index contributed by atoms with van der Waals surface area (Å²) in [5.74, 6) is -1.61. The summed E-state index contributed by atoms with van der Waals surface area (Å²) in [5, 5.41) is 2.85. The largest absolute Gasteiger partial charge is 0.346 e. The second-order valence-corrected chi connectivity index (χ2v) is 9.73. The second kappa shape index (κ2) is 13.1. The van der Waals surface area contributed by atoms with Crippen LogP contribution in [-0.2, 0) is 9.59 Å². The lowest BCUT2D eigenvalue weighted by molar-refractivity contribution is -0.138. The molecule has 3 atom stereocenters. The van der Waals surface area contributed by atoms with E-state index >= 15 is 0 Å². The van der Waals surface area contributed by atoms with Gasteiger partial charge in [-0.3, -0.25) is 9.59 Å². The van der Waals surface area contributed by atoms with Crippen LogP contribution in [0.5, 0.6) is 0 Å². The second-order valence-electron chi connectivity index (χ2n) is 9.73. The van der Waals surface area contributed by atoms with Gasteiger partial charge >= 0.3 is 0 Å². The molecule has 6 nitrogen and oxygen atoms in total. The zero-order chi connectivity index (χ0) is 26.9. The highest BCUT2D eigenvalue weighted by Crippen LogP contribution is 2.24. The standard InChI is InChI=1S/C22H28F2N4O2.C7H8.H2/c1-13(10-20(29)28-9-5-4-6-14(28)2)22(30)26-15(3)21-25-12-19(27-21)17-8-7-16(23)11-18(17)24;1-7-5-3-2-4-6-7;/h7-8,11-15H,4-6,9-10H2,1-3H3,(H,25,27)(H,26,30);2-6H,1H3;1H/t13-,14?,15-;;/m0../s1. The minimum atomic E-state index is -0.694. The molecule has 1 saturated heterocycles. The van der Waals surface area contributed by atoms with Gasteiger partial charge in [0.15, 0.2) is 0 Å². The maximum atomic E-state index is 14.0. The van der Waals surface area contributed by atoms with Crippen LogP contribution in [0.15, 0.2) is 54.7 Å². The molecule has 8 heteroatoms. The monoisotopic (exact) mass is 512 g/mol. The van der Waals surface area contributed by atoms with Gasteiger partial charge in [-0.25, -0.2) is 13.8 Å². The average molecular weight is 513 g/mol. The first-order valence-corrected chi connectivity index (χ1v) is 12.8. The van der Waals surface area contributed by atoms with E-state index in [9.17, 15) is 18.4 Å². The van der Waals surface area contributed by atoms with Crippen molar-refractivity contribution in [3.8, 4) is 11.3 Å². The lowest BCUT2D eigenvalue weighted by Gasteiger charge is -2.34. The zero-order valence-electron chi connectivity index (χ0n) is 21.9. The fourth-order valence-corrected chi connectivity index (χ4v) is 4.30. The van der Waals surface area contributed by atoms with Crippen molar-refractivity contribution in [2.24, 2.45) is 5.92 Å². The Morgan fingerprint density at radius 2 is 1.89 bits per heavy atom. The first-order valence-electron chi connectivity index (χ1n) is 12.8. The molecule has 2 aromatic carbocycles. The molecule has 0 bridgehead atoms. The van der Waals surface area contributed by atoms with Crippen molar-refractivity contribution in [2.45, 2.75) is 65.5 Å². The molecule has 1 aliphatic rings. The zero-order valence-corrected chi connectivity index (χ0v) is 21.9. The predicted molar refractivity (Wildman–Crippen MR) is 143 cm³/mol. The highest BCUT2D eigenvalue weighted by atomic mass is 19.1. The van der Waals surface area contributed by atoms with Crippen molar-refractivity contribution in [1.82, 2.24) is 20.2 Å². The van der Waals surface area contributed by atoms with Gasteiger partial charge in [0.25, 0.3) is 0 Å². The number of H-pyrrole nitrogens is 1. The van der Waals surface area contributed by atoms with Gasteiger partial charge in [0.1, 0.15) is 17.5 Å². The number of aryl methyl sites for hydroxylation is 1. The Morgan fingerprint density at radius 1 is 1.16 bits per heavy atom. The third kappa shape index (κ3) is 7.97. The van der Waals surface area contributed by atoms with E-state index in [1.54, 1.807) is 13.8 Å². The first kappa shape index (κ1) is 28.0. The summed E-state index contributed by atoms with van der Waals surface area (Å²) in [4.78, 5) is 34.2. The van der Waals surface area contributed by atoms with Gasteiger partial charge in [0.05, 0.1) is 17.9 Å². The smallest absolute Gasteiger partial charge is 0.223 e. The molecule has 0 spiro atoms. The van der Waals surface area contributed by atoms with E-state index in [1.165, 1.54) is 23.9 Å². The van der Waals surface area contributed by atoms with Crippen molar-refractivity contribution in [3.63, 3.8) is 0 Å². The minimum Gasteiger partial charge on any atom is -0.346 e. The molecule has 0 aliphatic carbocycles. The van der Waals surface area contributed by atoms with E-state index in [-0.39, 0.29) is 31.3 Å². The number of benzene rings is 2. The number of hydrogen-bond acceptors (Lipinski definition) is 3. The minimum absolute atomic E-state index is 0. The van der Waals surface area contributed by atoms with Crippen LogP contribution in [0.3, 0.4) is 0 Å². The van der Waals surface area contributed by atoms with Crippen LogP contribution in [-0.4, -0.2) is 39.3 Å². The summed E-state index contributed by atoms with van der Waals surface area (Å²) in [5.41, 5.74) is 1.91. The normalized spacial score (nSPS) is 16.8. The molecular formula is C29H38F2N4O2. The van der Waals surface area contributed by atoms with E-state index in [4.69, 9.17) is 0 Å². The number of aromatic amines is 1. The third-order valence-electron chi connectivity index (χ3n) is 6.58. The Morgan fingerprint density at radius 3 is 2.51 bits per heavy atom. The van der Waals surface area contributed by atoms with Gasteiger partial charge in [0, 0.05) is 38.0 Å². The third-order valence-corrected chi connectivity index (χ3v) is 6.58. The van der Waals surface area contributed by atoms with Crippen LogP contribution >= 0.6 is 0 Å². The Bertz CT molecular complexity index is 1190. The van der Waals surface area contributed by atoms with Gasteiger partial charge in [-0.2, -0.15) is 0 Å². The summed E-state index contributed by atoms with van der Waals surface area (Å²) in [7, 11) is 0. The number of aromatic nitrogens is 2. The van der Waals surface area contributed by atoms with Gasteiger partial charge < -0.3 is 15.2 Å². The number of imidazole rings is 1. The number of amides is 2. The summed E-state index contributed by atoms with van der Waals surface area (Å²) >= 11 is 0. The molecule has 4 rings (SSSR count). The Balaban J connectivity index is 0.000000549. The van der Waals surface area contributed by atoms with Crippen LogP contribution in [0.25, 0.3) is 11.3 Å². The molecule has 0 radical (unpaired) electrons. The number of nitrogens with zero attached hydrogens (tertiary/aromatic N) is 2. The maximum absolute atomic E-state index is 14.0. The van der Waals surface area contributed by atoms with Gasteiger partial charge in [0.2, 0.25) is 11.8 Å². The number of halogens is 2. The molecule has 2 N–H and O–H groups in total. The molecule has 1 aromatic heterocycles. The Kier molecular flexibility index (Phi) is 9.94. The average Bonchev–Trinajstić information content (AvgIpc) is 3.35. The molecule has 0 saturated carbocycles. The molecular weight excluding hydrogens is 474 g/mol. The highest BCUT2D eigenvalue weighted by Gasteiger charge is 2.27. The van der Waals surface area contributed by atoms with E-state index in [0.29, 0.717) is 11.5 Å². The van der Waals surface area contributed by atoms with Crippen molar-refractivity contribution in [2.75, 3.05) is 6.54 Å². The van der Waals surface area contributed by atoms with E-state index < -0.39 is 23.6 Å². The van der Waals surface area contributed by atoms with E-state index in [1.807, 2.05) is 30.0 Å². The number of carbonyl (C=O) groups excluding carboxylic acids is 2. The van der Waals surface area contributed by atoms with Crippen LogP contribution in [0, 0.1) is 24.5 Å². The lowest BCUT2D eigenvalue weighted by Crippen LogP contribution is -2.43. The van der Waals surface area contributed by atoms with Crippen molar-refractivity contribution in [1.29, 1.82) is 0 Å². The molecule has 1 aliphatic heterocycles. The number of hydrogen-bond donors (Lipinski definition) is 2. The van der Waals surface area contributed by atoms with Gasteiger partial charge in [-0.05, 0) is 52.2 Å². The number of nitrogens with one attached hydrogen (secondary N) is 2. The summed E-state index contributed by atoms with van der Waals surface area (Å²) in [6.07, 6.45) is 4.74. The van der Waals surface area contributed by atoms with Crippen LogP contribution in [0.4, 0.5) is 8.78 Å². The molecule has 2 amide bonds. The number of carbonyl (C=O) groups is 2. The fourth-order valence-electron chi connectivity index (χ4n) is 4.30. The molecule has 1 fully saturated rings.